The number of unbranched alkanes of at least 4 members (excludes halogenated alkanes) is 1. The molecule has 0 aromatic heterocycles. The van der Waals surface area contributed by atoms with Gasteiger partial charge < -0.3 is 4.90 Å². The van der Waals surface area contributed by atoms with Gasteiger partial charge in [0.05, 0.1) is 0 Å². The molecule has 0 spiro atoms. The van der Waals surface area contributed by atoms with Gasteiger partial charge in [-0.2, -0.15) is 4.99 Å². The van der Waals surface area contributed by atoms with Gasteiger partial charge in [-0.15, -0.1) is 0 Å². The van der Waals surface area contributed by atoms with E-state index in [9.17, 15) is 9.59 Å². The van der Waals surface area contributed by atoms with Crippen LogP contribution in [0.1, 0.15) is 39.5 Å². The fraction of sp³-hybridized carbons (Fsp3) is 0.692. The fourth-order valence-corrected chi connectivity index (χ4v) is 2.28. The van der Waals surface area contributed by atoms with Crippen LogP contribution in [0.4, 0.5) is 4.79 Å². The van der Waals surface area contributed by atoms with Crippen molar-refractivity contribution < 1.29 is 9.59 Å². The van der Waals surface area contributed by atoms with Crippen molar-refractivity contribution in [3.63, 3.8) is 0 Å². The summed E-state index contributed by atoms with van der Waals surface area (Å²) >= 11 is 0. The van der Waals surface area contributed by atoms with E-state index in [1.807, 2.05) is 4.90 Å². The predicted octanol–water partition coefficient (Wildman–Crippen LogP) is 1.66. The Morgan fingerprint density at radius 3 is 2.58 bits per heavy atom. The van der Waals surface area contributed by atoms with Crippen LogP contribution in [0.3, 0.4) is 0 Å². The molecule has 0 aromatic carbocycles. The van der Waals surface area contributed by atoms with Crippen molar-refractivity contribution in [3.8, 4) is 0 Å². The van der Waals surface area contributed by atoms with Crippen LogP contribution in [-0.4, -0.2) is 53.0 Å². The molecule has 0 fully saturated rings. The summed E-state index contributed by atoms with van der Waals surface area (Å²) in [6, 6.07) is -1.10. The predicted molar refractivity (Wildman–Crippen MR) is 73.3 cm³/mol. The molecular weight excluding hydrogens is 244 g/mol. The SMILES string of the molecule is CCCCN1C(CCC)=NC2C(=O)N(C)C(=O)N=C21. The van der Waals surface area contributed by atoms with E-state index >= 15 is 0 Å². The average molecular weight is 264 g/mol. The van der Waals surface area contributed by atoms with Crippen LogP contribution in [0, 0.1) is 0 Å². The maximum Gasteiger partial charge on any atom is 0.351 e. The topological polar surface area (TPSA) is 65.3 Å². The lowest BCUT2D eigenvalue weighted by Gasteiger charge is -2.26. The molecule has 104 valence electrons. The number of imide groups is 1. The quantitative estimate of drug-likeness (QED) is 0.758. The molecule has 0 aromatic rings. The highest BCUT2D eigenvalue weighted by molar-refractivity contribution is 6.25. The lowest BCUT2D eigenvalue weighted by Crippen LogP contribution is -2.49. The molecule has 3 amide bonds. The normalized spacial score (nSPS) is 22.6. The summed E-state index contributed by atoms with van der Waals surface area (Å²) in [5.41, 5.74) is 0. The largest absolute Gasteiger partial charge is 0.351 e. The summed E-state index contributed by atoms with van der Waals surface area (Å²) in [6.45, 7) is 4.95. The number of fused-ring (bicyclic) bond motifs is 1. The second-order valence-electron chi connectivity index (χ2n) is 4.85. The van der Waals surface area contributed by atoms with Crippen molar-refractivity contribution in [1.82, 2.24) is 9.80 Å². The van der Waals surface area contributed by atoms with Crippen LogP contribution in [0.25, 0.3) is 0 Å². The number of carbonyl (C=O) groups is 2. The van der Waals surface area contributed by atoms with Gasteiger partial charge in [-0.3, -0.25) is 14.7 Å². The fourth-order valence-electron chi connectivity index (χ4n) is 2.28. The van der Waals surface area contributed by atoms with Crippen molar-refractivity contribution in [2.45, 2.75) is 45.6 Å². The Morgan fingerprint density at radius 1 is 1.21 bits per heavy atom. The average Bonchev–Trinajstić information content (AvgIpc) is 2.72. The van der Waals surface area contributed by atoms with Gasteiger partial charge in [-0.1, -0.05) is 20.3 Å². The molecule has 6 heteroatoms. The summed E-state index contributed by atoms with van der Waals surface area (Å²) in [5.74, 6) is 1.13. The zero-order valence-corrected chi connectivity index (χ0v) is 11.7. The van der Waals surface area contributed by atoms with Crippen molar-refractivity contribution in [3.05, 3.63) is 0 Å². The first kappa shape index (κ1) is 13.7. The van der Waals surface area contributed by atoms with E-state index in [0.29, 0.717) is 5.84 Å². The number of amidine groups is 2. The third kappa shape index (κ3) is 2.39. The molecule has 2 heterocycles. The van der Waals surface area contributed by atoms with Crippen LogP contribution >= 0.6 is 0 Å². The van der Waals surface area contributed by atoms with Crippen molar-refractivity contribution >= 4 is 23.6 Å². The molecule has 0 bridgehead atoms. The summed E-state index contributed by atoms with van der Waals surface area (Å²) in [5, 5.41) is 0. The van der Waals surface area contributed by atoms with Crippen LogP contribution in [0.15, 0.2) is 9.98 Å². The lowest BCUT2D eigenvalue weighted by molar-refractivity contribution is -0.127. The van der Waals surface area contributed by atoms with Gasteiger partial charge in [-0.25, -0.2) is 4.79 Å². The molecule has 0 saturated heterocycles. The number of hydrogen-bond acceptors (Lipinski definition) is 4. The van der Waals surface area contributed by atoms with Crippen molar-refractivity contribution in [2.75, 3.05) is 13.6 Å². The van der Waals surface area contributed by atoms with Crippen LogP contribution < -0.4 is 0 Å². The first-order chi connectivity index (χ1) is 9.10. The second kappa shape index (κ2) is 5.50. The third-order valence-electron chi connectivity index (χ3n) is 3.38. The monoisotopic (exact) mass is 264 g/mol. The zero-order valence-electron chi connectivity index (χ0n) is 11.7. The van der Waals surface area contributed by atoms with Crippen LogP contribution in [0.5, 0.6) is 0 Å². The molecule has 0 N–H and O–H groups in total. The molecule has 0 aliphatic carbocycles. The third-order valence-corrected chi connectivity index (χ3v) is 3.38. The Morgan fingerprint density at radius 2 is 1.95 bits per heavy atom. The molecular formula is C13H20N4O2. The summed E-state index contributed by atoms with van der Waals surface area (Å²) in [4.78, 5) is 35.3. The number of nitrogens with zero attached hydrogens (tertiary/aromatic N) is 4. The van der Waals surface area contributed by atoms with E-state index in [-0.39, 0.29) is 5.91 Å². The summed E-state index contributed by atoms with van der Waals surface area (Å²) < 4.78 is 0. The molecule has 2 rings (SSSR count). The molecule has 1 atom stereocenters. The van der Waals surface area contributed by atoms with Crippen LogP contribution in [-0.2, 0) is 4.79 Å². The van der Waals surface area contributed by atoms with Gasteiger partial charge >= 0.3 is 6.03 Å². The first-order valence-corrected chi connectivity index (χ1v) is 6.84. The molecule has 2 aliphatic heterocycles. The standard InChI is InChI=1S/C13H20N4O2/c1-4-6-8-17-9(7-5-2)14-10-11(17)15-13(19)16(3)12(10)18/h10H,4-8H2,1-3H3. The van der Waals surface area contributed by atoms with Gasteiger partial charge in [0.1, 0.15) is 5.84 Å². The maximum absolute atomic E-state index is 12.1. The van der Waals surface area contributed by atoms with Gasteiger partial charge in [0.25, 0.3) is 5.91 Å². The molecule has 0 radical (unpaired) electrons. The zero-order chi connectivity index (χ0) is 14.0. The van der Waals surface area contributed by atoms with Crippen LogP contribution in [0.2, 0.25) is 0 Å². The van der Waals surface area contributed by atoms with Gasteiger partial charge in [0.2, 0.25) is 0 Å². The van der Waals surface area contributed by atoms with Gasteiger partial charge in [0, 0.05) is 20.0 Å². The Labute approximate surface area is 113 Å². The van der Waals surface area contributed by atoms with E-state index in [1.165, 1.54) is 7.05 Å². The van der Waals surface area contributed by atoms with E-state index in [0.717, 1.165) is 43.0 Å². The highest BCUT2D eigenvalue weighted by Crippen LogP contribution is 2.22. The van der Waals surface area contributed by atoms with E-state index < -0.39 is 12.1 Å². The highest BCUT2D eigenvalue weighted by atomic mass is 16.2. The second-order valence-corrected chi connectivity index (χ2v) is 4.85. The molecule has 1 unspecified atom stereocenters. The molecule has 19 heavy (non-hydrogen) atoms. The Hall–Kier alpha value is -1.72. The minimum absolute atomic E-state index is 0.275. The summed E-state index contributed by atoms with van der Waals surface area (Å²) in [7, 11) is 1.45. The van der Waals surface area contributed by atoms with Gasteiger partial charge in [0.15, 0.2) is 11.9 Å². The number of likely N-dealkylation sites (N-methyl/N-ethyl adjacent to an activating group) is 1. The Balaban J connectivity index is 2.30. The number of urea groups is 1. The van der Waals surface area contributed by atoms with Gasteiger partial charge in [-0.05, 0) is 12.8 Å². The summed E-state index contributed by atoms with van der Waals surface area (Å²) in [6.07, 6.45) is 3.81. The molecule has 6 nitrogen and oxygen atoms in total. The number of amides is 3. The Bertz CT molecular complexity index is 456. The smallest absolute Gasteiger partial charge is 0.316 e. The number of hydrogen-bond donors (Lipinski definition) is 0. The maximum atomic E-state index is 12.1. The van der Waals surface area contributed by atoms with Crippen molar-refractivity contribution in [1.29, 1.82) is 0 Å². The van der Waals surface area contributed by atoms with E-state index in [4.69, 9.17) is 0 Å². The minimum Gasteiger partial charge on any atom is -0.316 e. The van der Waals surface area contributed by atoms with Crippen molar-refractivity contribution in [2.24, 2.45) is 9.98 Å². The first-order valence-electron chi connectivity index (χ1n) is 6.84. The number of carbonyl (C=O) groups excluding carboxylic acids is 2. The number of rotatable bonds is 5. The molecule has 2 aliphatic rings. The Kier molecular flexibility index (Phi) is 3.97. The molecule has 0 saturated carbocycles. The van der Waals surface area contributed by atoms with E-state index in [2.05, 4.69) is 23.8 Å². The highest BCUT2D eigenvalue weighted by Gasteiger charge is 2.43. The van der Waals surface area contributed by atoms with E-state index in [1.54, 1.807) is 0 Å². The number of aliphatic imine (C=N–C) groups is 2. The minimum atomic E-state index is -0.610. The lowest BCUT2D eigenvalue weighted by atomic mass is 10.2.